The quantitative estimate of drug-likeness (QED) is 0.440. The maximum absolute atomic E-state index is 13.3. The third-order valence-corrected chi connectivity index (χ3v) is 4.97. The summed E-state index contributed by atoms with van der Waals surface area (Å²) in [6, 6.07) is 22.8. The zero-order valence-corrected chi connectivity index (χ0v) is 16.6. The first-order valence-corrected chi connectivity index (χ1v) is 9.66. The number of hydrogen-bond acceptors (Lipinski definition) is 3. The van der Waals surface area contributed by atoms with E-state index in [1.54, 1.807) is 4.52 Å². The smallest absolute Gasteiger partial charge is 0.307 e. The first kappa shape index (κ1) is 17.9. The van der Waals surface area contributed by atoms with Gasteiger partial charge < -0.3 is 5.32 Å². The van der Waals surface area contributed by atoms with Crippen LogP contribution < -0.4 is 10.2 Å². The van der Waals surface area contributed by atoms with Gasteiger partial charge in [-0.25, -0.2) is 19.2 Å². The number of carbonyl (C=O) groups is 1. The second-order valence-electron chi connectivity index (χ2n) is 7.25. The van der Waals surface area contributed by atoms with E-state index in [2.05, 4.69) is 20.4 Å². The molecule has 0 aliphatic heterocycles. The van der Waals surface area contributed by atoms with Gasteiger partial charge in [0.2, 0.25) is 5.95 Å². The van der Waals surface area contributed by atoms with Crippen molar-refractivity contribution in [2.45, 2.75) is 13.8 Å². The number of nitrogens with zero attached hydrogens (tertiary/aromatic N) is 4. The summed E-state index contributed by atoms with van der Waals surface area (Å²) in [5, 5.41) is 6.17. The minimum Gasteiger partial charge on any atom is -0.307 e. The largest absolute Gasteiger partial charge is 0.333 e. The molecule has 2 amide bonds. The Labute approximate surface area is 173 Å². The molecule has 0 saturated carbocycles. The lowest BCUT2D eigenvalue weighted by molar-refractivity contribution is 0.258. The van der Waals surface area contributed by atoms with Crippen LogP contribution in [0.4, 0.5) is 22.1 Å². The van der Waals surface area contributed by atoms with Gasteiger partial charge in [0.25, 0.3) is 5.78 Å². The van der Waals surface area contributed by atoms with Crippen molar-refractivity contribution in [1.82, 2.24) is 19.6 Å². The molecule has 7 nitrogen and oxygen atoms in total. The molecule has 2 heterocycles. The Kier molecular flexibility index (Phi) is 4.21. The number of rotatable bonds is 3. The maximum Gasteiger partial charge on any atom is 0.333 e. The molecule has 2 aromatic heterocycles. The van der Waals surface area contributed by atoms with Gasteiger partial charge in [-0.2, -0.15) is 4.98 Å². The number of aromatic nitrogens is 4. The lowest BCUT2D eigenvalue weighted by Gasteiger charge is -2.20. The van der Waals surface area contributed by atoms with Gasteiger partial charge in [0, 0.05) is 5.69 Å². The van der Waals surface area contributed by atoms with Crippen molar-refractivity contribution in [2.75, 3.05) is 10.2 Å². The summed E-state index contributed by atoms with van der Waals surface area (Å²) in [7, 11) is 0. The molecule has 5 rings (SSSR count). The minimum absolute atomic E-state index is 0.316. The number of aromatic amines is 1. The Morgan fingerprint density at radius 3 is 2.30 bits per heavy atom. The molecule has 30 heavy (non-hydrogen) atoms. The van der Waals surface area contributed by atoms with E-state index in [0.717, 1.165) is 22.2 Å². The predicted octanol–water partition coefficient (Wildman–Crippen LogP) is 5.20. The average molecular weight is 396 g/mol. The molecule has 0 radical (unpaired) electrons. The van der Waals surface area contributed by atoms with E-state index in [1.807, 2.05) is 86.6 Å². The zero-order valence-electron chi connectivity index (χ0n) is 16.6. The van der Waals surface area contributed by atoms with Crippen molar-refractivity contribution in [3.05, 3.63) is 83.9 Å². The molecule has 0 spiro atoms. The Morgan fingerprint density at radius 1 is 0.900 bits per heavy atom. The summed E-state index contributed by atoms with van der Waals surface area (Å²) >= 11 is 0. The SMILES string of the molecule is Cc1ccc(NC(=O)N(c2ccc(C)cc2)c2nc3nc4ccccc4n3[nH]2)cc1. The predicted molar refractivity (Wildman–Crippen MR) is 118 cm³/mol. The van der Waals surface area contributed by atoms with E-state index in [4.69, 9.17) is 0 Å². The number of H-pyrrole nitrogens is 1. The molecule has 0 saturated heterocycles. The fraction of sp³-hybridized carbons (Fsp3) is 0.0870. The summed E-state index contributed by atoms with van der Waals surface area (Å²) in [5.74, 6) is 0.892. The van der Waals surface area contributed by atoms with E-state index in [9.17, 15) is 4.79 Å². The van der Waals surface area contributed by atoms with E-state index < -0.39 is 0 Å². The van der Waals surface area contributed by atoms with E-state index in [-0.39, 0.29) is 6.03 Å². The molecule has 148 valence electrons. The van der Waals surface area contributed by atoms with Gasteiger partial charge in [0.15, 0.2) is 0 Å². The number of para-hydroxylation sites is 2. The lowest BCUT2D eigenvalue weighted by atomic mass is 10.2. The first-order valence-electron chi connectivity index (χ1n) is 9.66. The number of fused-ring (bicyclic) bond motifs is 3. The van der Waals surface area contributed by atoms with Crippen LogP contribution in [0.15, 0.2) is 72.8 Å². The fourth-order valence-corrected chi connectivity index (χ4v) is 3.36. The minimum atomic E-state index is -0.316. The second-order valence-corrected chi connectivity index (χ2v) is 7.25. The van der Waals surface area contributed by atoms with Gasteiger partial charge in [-0.3, -0.25) is 5.10 Å². The molecule has 7 heteroatoms. The number of aryl methyl sites for hydroxylation is 2. The normalized spacial score (nSPS) is 11.1. The Bertz CT molecular complexity index is 1350. The highest BCUT2D eigenvalue weighted by Crippen LogP contribution is 2.26. The Hall–Kier alpha value is -4.13. The van der Waals surface area contributed by atoms with Gasteiger partial charge in [-0.05, 0) is 50.2 Å². The number of benzene rings is 3. The van der Waals surface area contributed by atoms with Crippen LogP contribution in [0.25, 0.3) is 16.8 Å². The van der Waals surface area contributed by atoms with Crippen LogP contribution in [0.1, 0.15) is 11.1 Å². The van der Waals surface area contributed by atoms with Crippen molar-refractivity contribution in [1.29, 1.82) is 0 Å². The fourth-order valence-electron chi connectivity index (χ4n) is 3.36. The van der Waals surface area contributed by atoms with Crippen LogP contribution in [0.5, 0.6) is 0 Å². The highest BCUT2D eigenvalue weighted by Gasteiger charge is 2.23. The highest BCUT2D eigenvalue weighted by atomic mass is 16.2. The van der Waals surface area contributed by atoms with E-state index in [1.165, 1.54) is 4.90 Å². The van der Waals surface area contributed by atoms with E-state index >= 15 is 0 Å². The van der Waals surface area contributed by atoms with Gasteiger partial charge in [0.1, 0.15) is 0 Å². The lowest BCUT2D eigenvalue weighted by Crippen LogP contribution is -2.31. The van der Waals surface area contributed by atoms with Crippen LogP contribution in [0.2, 0.25) is 0 Å². The number of amides is 2. The molecule has 3 aromatic carbocycles. The molecule has 0 aliphatic rings. The van der Waals surface area contributed by atoms with Crippen LogP contribution in [0, 0.1) is 13.8 Å². The zero-order chi connectivity index (χ0) is 20.7. The summed E-state index contributed by atoms with van der Waals surface area (Å²) in [5.41, 5.74) is 5.39. The molecule has 5 aromatic rings. The van der Waals surface area contributed by atoms with Crippen LogP contribution >= 0.6 is 0 Å². The number of anilines is 3. The standard InChI is InChI=1S/C23H20N6O/c1-15-7-11-17(12-8-15)24-23(30)28(18-13-9-16(2)10-14-18)22-26-21-25-19-5-3-4-6-20(19)29(21)27-22/h3-14H,1-2H3,(H,24,30)(H,25,26,27). The average Bonchev–Trinajstić information content (AvgIpc) is 3.29. The molecule has 0 fully saturated rings. The number of carbonyl (C=O) groups excluding carboxylic acids is 1. The third-order valence-electron chi connectivity index (χ3n) is 4.97. The first-order chi connectivity index (χ1) is 14.6. The Balaban J connectivity index is 1.58. The molecule has 0 atom stereocenters. The van der Waals surface area contributed by atoms with Gasteiger partial charge in [0.05, 0.1) is 16.7 Å². The van der Waals surface area contributed by atoms with Crippen molar-refractivity contribution in [3.63, 3.8) is 0 Å². The van der Waals surface area contributed by atoms with Gasteiger partial charge in [-0.15, -0.1) is 0 Å². The summed E-state index contributed by atoms with van der Waals surface area (Å²) in [6.07, 6.45) is 0. The number of imidazole rings is 1. The topological polar surface area (TPSA) is 78.3 Å². The van der Waals surface area contributed by atoms with Crippen LogP contribution in [-0.4, -0.2) is 25.6 Å². The van der Waals surface area contributed by atoms with Crippen molar-refractivity contribution >= 4 is 40.2 Å². The van der Waals surface area contributed by atoms with Crippen molar-refractivity contribution in [2.24, 2.45) is 0 Å². The molecular weight excluding hydrogens is 376 g/mol. The number of urea groups is 1. The highest BCUT2D eigenvalue weighted by molar-refractivity contribution is 6.06. The Morgan fingerprint density at radius 2 is 1.57 bits per heavy atom. The number of nitrogens with one attached hydrogen (secondary N) is 2. The van der Waals surface area contributed by atoms with Gasteiger partial charge in [-0.1, -0.05) is 47.5 Å². The maximum atomic E-state index is 13.3. The molecule has 0 aliphatic carbocycles. The van der Waals surface area contributed by atoms with Crippen LogP contribution in [-0.2, 0) is 0 Å². The molecule has 0 unspecified atom stereocenters. The van der Waals surface area contributed by atoms with E-state index in [0.29, 0.717) is 23.1 Å². The second kappa shape index (κ2) is 7.04. The molecule has 0 bridgehead atoms. The van der Waals surface area contributed by atoms with Gasteiger partial charge >= 0.3 is 6.03 Å². The monoisotopic (exact) mass is 396 g/mol. The summed E-state index contributed by atoms with van der Waals surface area (Å²) < 4.78 is 1.78. The third kappa shape index (κ3) is 3.16. The van der Waals surface area contributed by atoms with Crippen molar-refractivity contribution in [3.8, 4) is 0 Å². The molecular formula is C23H20N6O. The summed E-state index contributed by atoms with van der Waals surface area (Å²) in [4.78, 5) is 23.9. The molecule has 2 N–H and O–H groups in total. The van der Waals surface area contributed by atoms with Crippen LogP contribution in [0.3, 0.4) is 0 Å². The van der Waals surface area contributed by atoms with Crippen molar-refractivity contribution < 1.29 is 4.79 Å². The summed E-state index contributed by atoms with van der Waals surface area (Å²) in [6.45, 7) is 4.01. The number of hydrogen-bond donors (Lipinski definition) is 2.